The maximum atomic E-state index is 3.60. The lowest BCUT2D eigenvalue weighted by Gasteiger charge is -2.43. The molecule has 0 radical (unpaired) electrons. The van der Waals surface area contributed by atoms with Gasteiger partial charge in [-0.2, -0.15) is 0 Å². The van der Waals surface area contributed by atoms with Crippen LogP contribution in [0, 0.1) is 0 Å². The van der Waals surface area contributed by atoms with Crippen LogP contribution in [0.25, 0.3) is 0 Å². The molecule has 0 aliphatic carbocycles. The van der Waals surface area contributed by atoms with Crippen molar-refractivity contribution in [3.63, 3.8) is 0 Å². The number of nitrogens with zero attached hydrogens (tertiary/aromatic N) is 2. The zero-order chi connectivity index (χ0) is 12.3. The summed E-state index contributed by atoms with van der Waals surface area (Å²) in [7, 11) is 0. The summed E-state index contributed by atoms with van der Waals surface area (Å²) < 4.78 is 0. The van der Waals surface area contributed by atoms with Gasteiger partial charge in [0.2, 0.25) is 0 Å². The predicted molar refractivity (Wildman–Crippen MR) is 73.4 cm³/mol. The summed E-state index contributed by atoms with van der Waals surface area (Å²) in [5.74, 6) is 0. The van der Waals surface area contributed by atoms with E-state index in [1.165, 1.54) is 45.4 Å². The molecule has 17 heavy (non-hydrogen) atoms. The third-order valence-corrected chi connectivity index (χ3v) is 4.32. The highest BCUT2D eigenvalue weighted by atomic mass is 15.3. The third kappa shape index (κ3) is 3.43. The maximum Gasteiger partial charge on any atom is 0.0224 e. The van der Waals surface area contributed by atoms with E-state index in [1.54, 1.807) is 0 Å². The Hall–Kier alpha value is -0.120. The quantitative estimate of drug-likeness (QED) is 0.785. The number of hydrogen-bond acceptors (Lipinski definition) is 3. The van der Waals surface area contributed by atoms with E-state index >= 15 is 0 Å². The minimum Gasteiger partial charge on any atom is -0.313 e. The Bertz CT molecular complexity index is 232. The summed E-state index contributed by atoms with van der Waals surface area (Å²) in [6.45, 7) is 13.2. The van der Waals surface area contributed by atoms with E-state index in [9.17, 15) is 0 Å². The van der Waals surface area contributed by atoms with Crippen LogP contribution in [0.5, 0.6) is 0 Å². The Kier molecular flexibility index (Phi) is 4.83. The Morgan fingerprint density at radius 2 is 2.18 bits per heavy atom. The van der Waals surface area contributed by atoms with Crippen LogP contribution in [0.2, 0.25) is 0 Å². The molecule has 0 amide bonds. The molecule has 2 fully saturated rings. The molecule has 1 N–H and O–H groups in total. The number of piperazine rings is 1. The average Bonchev–Trinajstić information content (AvgIpc) is 2.74. The molecular weight excluding hydrogens is 210 g/mol. The Labute approximate surface area is 107 Å². The molecule has 3 nitrogen and oxygen atoms in total. The fourth-order valence-corrected chi connectivity index (χ4v) is 3.31. The maximum absolute atomic E-state index is 3.60. The SMILES string of the molecule is CCCNC(C)CN1CC2CCCN2CC1C. The highest BCUT2D eigenvalue weighted by Crippen LogP contribution is 2.24. The topological polar surface area (TPSA) is 18.5 Å². The van der Waals surface area contributed by atoms with Crippen molar-refractivity contribution in [2.45, 2.75) is 58.2 Å². The number of hydrogen-bond donors (Lipinski definition) is 1. The van der Waals surface area contributed by atoms with Gasteiger partial charge in [0, 0.05) is 37.8 Å². The fourth-order valence-electron chi connectivity index (χ4n) is 3.31. The van der Waals surface area contributed by atoms with Crippen LogP contribution < -0.4 is 5.32 Å². The molecule has 0 aromatic carbocycles. The second-order valence-corrected chi connectivity index (χ2v) is 5.95. The van der Waals surface area contributed by atoms with Gasteiger partial charge in [-0.3, -0.25) is 9.80 Å². The van der Waals surface area contributed by atoms with Crippen LogP contribution in [0.4, 0.5) is 0 Å². The zero-order valence-electron chi connectivity index (χ0n) is 11.8. The van der Waals surface area contributed by atoms with E-state index in [0.717, 1.165) is 18.6 Å². The average molecular weight is 239 g/mol. The molecule has 0 bridgehead atoms. The second kappa shape index (κ2) is 6.17. The standard InChI is InChI=1S/C14H29N3/c1-4-7-15-12(2)9-17-11-14-6-5-8-16(14)10-13(17)3/h12-15H,4-11H2,1-3H3. The van der Waals surface area contributed by atoms with Crippen molar-refractivity contribution in [3.8, 4) is 0 Å². The van der Waals surface area contributed by atoms with Crippen molar-refractivity contribution in [2.75, 3.05) is 32.7 Å². The van der Waals surface area contributed by atoms with Crippen LogP contribution in [0.15, 0.2) is 0 Å². The van der Waals surface area contributed by atoms with Crippen molar-refractivity contribution >= 4 is 0 Å². The lowest BCUT2D eigenvalue weighted by Crippen LogP contribution is -2.57. The Balaban J connectivity index is 1.79. The van der Waals surface area contributed by atoms with E-state index in [2.05, 4.69) is 35.9 Å². The minimum atomic E-state index is 0.630. The van der Waals surface area contributed by atoms with E-state index in [-0.39, 0.29) is 0 Å². The summed E-state index contributed by atoms with van der Waals surface area (Å²) >= 11 is 0. The normalized spacial score (nSPS) is 32.6. The van der Waals surface area contributed by atoms with Gasteiger partial charge in [0.05, 0.1) is 0 Å². The van der Waals surface area contributed by atoms with E-state index in [0.29, 0.717) is 6.04 Å². The molecule has 3 heteroatoms. The highest BCUT2D eigenvalue weighted by molar-refractivity contribution is 4.91. The number of fused-ring (bicyclic) bond motifs is 1. The van der Waals surface area contributed by atoms with Crippen LogP contribution >= 0.6 is 0 Å². The predicted octanol–water partition coefficient (Wildman–Crippen LogP) is 1.54. The van der Waals surface area contributed by atoms with E-state index in [4.69, 9.17) is 0 Å². The fraction of sp³-hybridized carbons (Fsp3) is 1.00. The van der Waals surface area contributed by atoms with Gasteiger partial charge in [-0.25, -0.2) is 0 Å². The molecule has 2 saturated heterocycles. The molecule has 100 valence electrons. The lowest BCUT2D eigenvalue weighted by atomic mass is 10.1. The Morgan fingerprint density at radius 3 is 2.94 bits per heavy atom. The van der Waals surface area contributed by atoms with Crippen molar-refractivity contribution in [3.05, 3.63) is 0 Å². The Morgan fingerprint density at radius 1 is 1.35 bits per heavy atom. The van der Waals surface area contributed by atoms with Gasteiger partial charge in [-0.05, 0) is 46.2 Å². The molecule has 2 rings (SSSR count). The second-order valence-electron chi connectivity index (χ2n) is 5.95. The van der Waals surface area contributed by atoms with E-state index in [1.807, 2.05) is 0 Å². The summed E-state index contributed by atoms with van der Waals surface area (Å²) in [5.41, 5.74) is 0. The molecule has 0 aromatic heterocycles. The molecule has 3 unspecified atom stereocenters. The van der Waals surface area contributed by atoms with Crippen molar-refractivity contribution in [2.24, 2.45) is 0 Å². The molecule has 2 aliphatic heterocycles. The van der Waals surface area contributed by atoms with Gasteiger partial charge in [-0.15, -0.1) is 0 Å². The highest BCUT2D eigenvalue weighted by Gasteiger charge is 2.34. The van der Waals surface area contributed by atoms with Gasteiger partial charge in [0.25, 0.3) is 0 Å². The largest absolute Gasteiger partial charge is 0.313 e. The first kappa shape index (κ1) is 13.3. The summed E-state index contributed by atoms with van der Waals surface area (Å²) in [4.78, 5) is 5.39. The molecule has 2 aliphatic rings. The van der Waals surface area contributed by atoms with Crippen molar-refractivity contribution < 1.29 is 0 Å². The van der Waals surface area contributed by atoms with Crippen molar-refractivity contribution in [1.82, 2.24) is 15.1 Å². The molecule has 3 atom stereocenters. The number of nitrogens with one attached hydrogen (secondary N) is 1. The first-order chi connectivity index (χ1) is 8.20. The van der Waals surface area contributed by atoms with Gasteiger partial charge in [0.15, 0.2) is 0 Å². The lowest BCUT2D eigenvalue weighted by molar-refractivity contribution is 0.0539. The van der Waals surface area contributed by atoms with Crippen molar-refractivity contribution in [1.29, 1.82) is 0 Å². The van der Waals surface area contributed by atoms with Crippen LogP contribution in [0.3, 0.4) is 0 Å². The van der Waals surface area contributed by atoms with Gasteiger partial charge in [-0.1, -0.05) is 6.92 Å². The van der Waals surface area contributed by atoms with Gasteiger partial charge >= 0.3 is 0 Å². The minimum absolute atomic E-state index is 0.630. The smallest absolute Gasteiger partial charge is 0.0224 e. The molecule has 0 spiro atoms. The summed E-state index contributed by atoms with van der Waals surface area (Å²) in [5, 5.41) is 3.60. The molecule has 0 aromatic rings. The molecular formula is C14H29N3. The third-order valence-electron chi connectivity index (χ3n) is 4.32. The molecule has 0 saturated carbocycles. The number of rotatable bonds is 5. The summed E-state index contributed by atoms with van der Waals surface area (Å²) in [6.07, 6.45) is 4.06. The zero-order valence-corrected chi connectivity index (χ0v) is 11.8. The first-order valence-corrected chi connectivity index (χ1v) is 7.42. The van der Waals surface area contributed by atoms with Crippen LogP contribution in [0.1, 0.15) is 40.0 Å². The van der Waals surface area contributed by atoms with Gasteiger partial charge in [0.1, 0.15) is 0 Å². The van der Waals surface area contributed by atoms with E-state index < -0.39 is 0 Å². The first-order valence-electron chi connectivity index (χ1n) is 7.42. The van der Waals surface area contributed by atoms with Gasteiger partial charge < -0.3 is 5.32 Å². The summed E-state index contributed by atoms with van der Waals surface area (Å²) in [6, 6.07) is 2.21. The molecule has 2 heterocycles. The monoisotopic (exact) mass is 239 g/mol. The van der Waals surface area contributed by atoms with Crippen LogP contribution in [-0.4, -0.2) is 60.6 Å². The van der Waals surface area contributed by atoms with Crippen LogP contribution in [-0.2, 0) is 0 Å².